The number of benzene rings is 4. The number of halogens is 1. The number of hydrogen-bond donors (Lipinski definition) is 0. The lowest BCUT2D eigenvalue weighted by molar-refractivity contribution is 0.669. The fraction of sp³-hybridized carbons (Fsp3) is 0. The number of rotatable bonds is 3. The predicted octanol–water partition coefficient (Wildman–Crippen LogP) is 7.43. The zero-order valence-corrected chi connectivity index (χ0v) is 17.6. The van der Waals surface area contributed by atoms with E-state index in [4.69, 9.17) is 31.0 Å². The van der Waals surface area contributed by atoms with Crippen LogP contribution < -0.4 is 0 Å². The van der Waals surface area contributed by atoms with Crippen molar-refractivity contribution in [2.75, 3.05) is 0 Å². The average molecular weight is 434 g/mol. The minimum Gasteiger partial charge on any atom is -0.456 e. The molecular formula is C27H16ClN3O. The van der Waals surface area contributed by atoms with Crippen molar-refractivity contribution >= 4 is 33.5 Å². The van der Waals surface area contributed by atoms with E-state index >= 15 is 0 Å². The summed E-state index contributed by atoms with van der Waals surface area (Å²) >= 11 is 6.46. The van der Waals surface area contributed by atoms with Gasteiger partial charge in [0, 0.05) is 27.5 Å². The SMILES string of the molecule is Clc1ccccc1-c1nc(-c2ccccc2)nc(-c2ccc3c(c2)oc2ccccc23)n1. The number of furan rings is 1. The third-order valence-corrected chi connectivity index (χ3v) is 5.75. The van der Waals surface area contributed by atoms with E-state index in [1.54, 1.807) is 0 Å². The van der Waals surface area contributed by atoms with E-state index in [9.17, 15) is 0 Å². The maximum absolute atomic E-state index is 6.46. The Morgan fingerprint density at radius 3 is 2.03 bits per heavy atom. The highest BCUT2D eigenvalue weighted by molar-refractivity contribution is 6.33. The van der Waals surface area contributed by atoms with Crippen molar-refractivity contribution in [3.63, 3.8) is 0 Å². The summed E-state index contributed by atoms with van der Waals surface area (Å²) in [6.07, 6.45) is 0. The molecule has 32 heavy (non-hydrogen) atoms. The number of aromatic nitrogens is 3. The minimum atomic E-state index is 0.532. The van der Waals surface area contributed by atoms with Crippen molar-refractivity contribution in [3.05, 3.63) is 102 Å². The van der Waals surface area contributed by atoms with Crippen molar-refractivity contribution in [1.29, 1.82) is 0 Å². The zero-order chi connectivity index (χ0) is 21.5. The molecule has 0 fully saturated rings. The maximum atomic E-state index is 6.46. The van der Waals surface area contributed by atoms with Crippen LogP contribution in [0.3, 0.4) is 0 Å². The first-order valence-electron chi connectivity index (χ1n) is 10.2. The zero-order valence-electron chi connectivity index (χ0n) is 16.9. The van der Waals surface area contributed by atoms with Gasteiger partial charge in [-0.1, -0.05) is 78.3 Å². The van der Waals surface area contributed by atoms with Crippen molar-refractivity contribution < 1.29 is 4.42 Å². The van der Waals surface area contributed by atoms with Crippen LogP contribution in [-0.4, -0.2) is 15.0 Å². The molecule has 4 aromatic carbocycles. The Hall–Kier alpha value is -4.02. The fourth-order valence-corrected chi connectivity index (χ4v) is 4.07. The van der Waals surface area contributed by atoms with Crippen LogP contribution >= 0.6 is 11.6 Å². The minimum absolute atomic E-state index is 0.532. The highest BCUT2D eigenvalue weighted by Crippen LogP contribution is 2.33. The molecule has 0 atom stereocenters. The van der Waals surface area contributed by atoms with E-state index in [-0.39, 0.29) is 0 Å². The molecule has 2 heterocycles. The first-order chi connectivity index (χ1) is 15.8. The van der Waals surface area contributed by atoms with Gasteiger partial charge in [0.2, 0.25) is 0 Å². The molecule has 6 rings (SSSR count). The number of para-hydroxylation sites is 1. The van der Waals surface area contributed by atoms with Crippen LogP contribution in [0.5, 0.6) is 0 Å². The molecule has 0 aliphatic heterocycles. The van der Waals surface area contributed by atoms with E-state index in [0.29, 0.717) is 22.5 Å². The summed E-state index contributed by atoms with van der Waals surface area (Å²) in [5.41, 5.74) is 4.18. The second-order valence-electron chi connectivity index (χ2n) is 7.46. The van der Waals surface area contributed by atoms with E-state index in [1.807, 2.05) is 84.9 Å². The Kier molecular flexibility index (Phi) is 4.44. The van der Waals surface area contributed by atoms with Crippen LogP contribution in [0.1, 0.15) is 0 Å². The fourth-order valence-electron chi connectivity index (χ4n) is 3.85. The average Bonchev–Trinajstić information content (AvgIpc) is 3.22. The van der Waals surface area contributed by atoms with Crippen molar-refractivity contribution in [3.8, 4) is 34.2 Å². The Labute approximate surface area is 189 Å². The molecule has 2 aromatic heterocycles. The van der Waals surface area contributed by atoms with Crippen molar-refractivity contribution in [2.24, 2.45) is 0 Å². The molecule has 0 amide bonds. The molecule has 0 radical (unpaired) electrons. The van der Waals surface area contributed by atoms with Gasteiger partial charge in [-0.25, -0.2) is 15.0 Å². The van der Waals surface area contributed by atoms with Gasteiger partial charge >= 0.3 is 0 Å². The van der Waals surface area contributed by atoms with Crippen LogP contribution in [0.25, 0.3) is 56.1 Å². The molecule has 0 saturated heterocycles. The topological polar surface area (TPSA) is 51.8 Å². The van der Waals surface area contributed by atoms with E-state index < -0.39 is 0 Å². The van der Waals surface area contributed by atoms with Gasteiger partial charge in [0.05, 0.1) is 5.02 Å². The Balaban J connectivity index is 1.57. The summed E-state index contributed by atoms with van der Waals surface area (Å²) in [7, 11) is 0. The van der Waals surface area contributed by atoms with Gasteiger partial charge in [0.25, 0.3) is 0 Å². The summed E-state index contributed by atoms with van der Waals surface area (Å²) < 4.78 is 6.07. The van der Waals surface area contributed by atoms with Gasteiger partial charge in [-0.05, 0) is 30.3 Å². The molecule has 0 bridgehead atoms. The third-order valence-electron chi connectivity index (χ3n) is 5.42. The molecule has 5 heteroatoms. The Morgan fingerprint density at radius 1 is 0.531 bits per heavy atom. The van der Waals surface area contributed by atoms with Crippen LogP contribution in [0.4, 0.5) is 0 Å². The highest BCUT2D eigenvalue weighted by Gasteiger charge is 2.15. The Morgan fingerprint density at radius 2 is 1.19 bits per heavy atom. The van der Waals surface area contributed by atoms with E-state index in [0.717, 1.165) is 38.6 Å². The molecule has 0 saturated carbocycles. The van der Waals surface area contributed by atoms with Crippen LogP contribution in [0.2, 0.25) is 5.02 Å². The first-order valence-corrected chi connectivity index (χ1v) is 10.6. The van der Waals surface area contributed by atoms with Crippen molar-refractivity contribution in [1.82, 2.24) is 15.0 Å². The molecule has 152 valence electrons. The van der Waals surface area contributed by atoms with Gasteiger partial charge < -0.3 is 4.42 Å². The number of hydrogen-bond acceptors (Lipinski definition) is 4. The Bertz CT molecular complexity index is 1590. The standard InChI is InChI=1S/C27H16ClN3O/c28-22-12-6-4-11-21(22)27-30-25(17-8-2-1-3-9-17)29-26(31-27)18-14-15-20-19-10-5-7-13-23(19)32-24(20)16-18/h1-16H. The lowest BCUT2D eigenvalue weighted by atomic mass is 10.1. The smallest absolute Gasteiger partial charge is 0.165 e. The predicted molar refractivity (Wildman–Crippen MR) is 128 cm³/mol. The molecule has 0 unspecified atom stereocenters. The van der Waals surface area contributed by atoms with E-state index in [1.165, 1.54) is 0 Å². The molecule has 0 N–H and O–H groups in total. The summed E-state index contributed by atoms with van der Waals surface area (Å²) in [5.74, 6) is 1.69. The molecule has 0 aliphatic carbocycles. The highest BCUT2D eigenvalue weighted by atomic mass is 35.5. The summed E-state index contributed by atoms with van der Waals surface area (Å²) in [6.45, 7) is 0. The van der Waals surface area contributed by atoms with Crippen LogP contribution in [0, 0.1) is 0 Å². The second kappa shape index (κ2) is 7.59. The summed E-state index contributed by atoms with van der Waals surface area (Å²) in [6, 6.07) is 31.5. The summed E-state index contributed by atoms with van der Waals surface area (Å²) in [4.78, 5) is 14.3. The molecule has 0 spiro atoms. The van der Waals surface area contributed by atoms with Gasteiger partial charge in [-0.15, -0.1) is 0 Å². The van der Waals surface area contributed by atoms with Crippen LogP contribution in [-0.2, 0) is 0 Å². The van der Waals surface area contributed by atoms with Gasteiger partial charge in [-0.2, -0.15) is 0 Å². The van der Waals surface area contributed by atoms with Gasteiger partial charge in [0.1, 0.15) is 11.2 Å². The summed E-state index contributed by atoms with van der Waals surface area (Å²) in [5, 5.41) is 2.75. The van der Waals surface area contributed by atoms with Gasteiger partial charge in [-0.3, -0.25) is 0 Å². The number of fused-ring (bicyclic) bond motifs is 3. The van der Waals surface area contributed by atoms with Crippen LogP contribution in [0.15, 0.2) is 101 Å². The lowest BCUT2D eigenvalue weighted by Gasteiger charge is -2.09. The molecule has 4 nitrogen and oxygen atoms in total. The monoisotopic (exact) mass is 433 g/mol. The third kappa shape index (κ3) is 3.22. The molecular weight excluding hydrogens is 418 g/mol. The molecule has 0 aliphatic rings. The largest absolute Gasteiger partial charge is 0.456 e. The number of nitrogens with zero attached hydrogens (tertiary/aromatic N) is 3. The maximum Gasteiger partial charge on any atom is 0.165 e. The second-order valence-corrected chi connectivity index (χ2v) is 7.87. The van der Waals surface area contributed by atoms with Gasteiger partial charge in [0.15, 0.2) is 17.5 Å². The normalized spacial score (nSPS) is 11.3. The van der Waals surface area contributed by atoms with Crippen molar-refractivity contribution in [2.45, 2.75) is 0 Å². The van der Waals surface area contributed by atoms with E-state index in [2.05, 4.69) is 12.1 Å². The molecule has 6 aromatic rings. The lowest BCUT2D eigenvalue weighted by Crippen LogP contribution is -2.00. The quantitative estimate of drug-likeness (QED) is 0.291. The first kappa shape index (κ1) is 18.7.